The van der Waals surface area contributed by atoms with Gasteiger partial charge in [0.2, 0.25) is 11.8 Å². The van der Waals surface area contributed by atoms with Crippen LogP contribution in [-0.4, -0.2) is 59.3 Å². The third-order valence-corrected chi connectivity index (χ3v) is 5.14. The minimum Gasteiger partial charge on any atom is -0.361 e. The molecule has 1 aromatic heterocycles. The van der Waals surface area contributed by atoms with Gasteiger partial charge in [-0.25, -0.2) is 0 Å². The molecule has 24 heavy (non-hydrogen) atoms. The van der Waals surface area contributed by atoms with Crippen molar-refractivity contribution >= 4 is 22.7 Å². The van der Waals surface area contributed by atoms with Gasteiger partial charge in [0.15, 0.2) is 0 Å². The van der Waals surface area contributed by atoms with Crippen LogP contribution in [-0.2, 0) is 16.1 Å². The Morgan fingerprint density at radius 2 is 2.12 bits per heavy atom. The number of rotatable bonds is 2. The number of aromatic amines is 1. The van der Waals surface area contributed by atoms with Gasteiger partial charge in [0.1, 0.15) is 0 Å². The first-order chi connectivity index (χ1) is 11.6. The highest BCUT2D eigenvalue weighted by Gasteiger charge is 2.39. The summed E-state index contributed by atoms with van der Waals surface area (Å²) in [6, 6.07) is 8.47. The number of fused-ring (bicyclic) bond motifs is 2. The van der Waals surface area contributed by atoms with E-state index in [1.54, 1.807) is 11.9 Å². The quantitative estimate of drug-likeness (QED) is 0.863. The molecule has 0 spiro atoms. The monoisotopic (exact) mass is 326 g/mol. The Hall–Kier alpha value is -2.34. The summed E-state index contributed by atoms with van der Waals surface area (Å²) < 4.78 is 0. The van der Waals surface area contributed by atoms with E-state index in [0.717, 1.165) is 25.0 Å². The van der Waals surface area contributed by atoms with Crippen LogP contribution in [0.1, 0.15) is 12.0 Å². The molecule has 6 heteroatoms. The summed E-state index contributed by atoms with van der Waals surface area (Å²) in [5, 5.41) is 4.22. The molecule has 1 aromatic carbocycles. The first-order valence-electron chi connectivity index (χ1n) is 8.43. The number of aromatic nitrogens is 1. The highest BCUT2D eigenvalue weighted by molar-refractivity contribution is 5.89. The fourth-order valence-corrected chi connectivity index (χ4v) is 3.87. The number of nitrogens with zero attached hydrogens (tertiary/aromatic N) is 2. The molecule has 2 fully saturated rings. The lowest BCUT2D eigenvalue weighted by Gasteiger charge is -2.37. The van der Waals surface area contributed by atoms with Crippen LogP contribution in [0, 0.1) is 5.92 Å². The molecule has 2 atom stereocenters. The van der Waals surface area contributed by atoms with Crippen LogP contribution in [0.25, 0.3) is 10.9 Å². The maximum absolute atomic E-state index is 12.6. The van der Waals surface area contributed by atoms with Crippen LogP contribution in [0.5, 0.6) is 0 Å². The van der Waals surface area contributed by atoms with Crippen molar-refractivity contribution in [3.05, 3.63) is 36.0 Å². The van der Waals surface area contributed by atoms with Crippen LogP contribution in [0.4, 0.5) is 0 Å². The minimum atomic E-state index is -0.149. The van der Waals surface area contributed by atoms with Gasteiger partial charge in [-0.2, -0.15) is 0 Å². The van der Waals surface area contributed by atoms with Crippen molar-refractivity contribution in [2.24, 2.45) is 5.92 Å². The third kappa shape index (κ3) is 2.78. The predicted octanol–water partition coefficient (Wildman–Crippen LogP) is 0.947. The lowest BCUT2D eigenvalue weighted by atomic mass is 9.91. The van der Waals surface area contributed by atoms with Crippen molar-refractivity contribution in [1.29, 1.82) is 0 Å². The van der Waals surface area contributed by atoms with Crippen molar-refractivity contribution in [1.82, 2.24) is 20.1 Å². The molecule has 2 amide bonds. The molecule has 126 valence electrons. The molecule has 2 aliphatic rings. The van der Waals surface area contributed by atoms with E-state index in [9.17, 15) is 9.59 Å². The van der Waals surface area contributed by atoms with Gasteiger partial charge in [-0.05, 0) is 29.5 Å². The number of carbonyl (C=O) groups is 2. The standard InChI is InChI=1S/C18H22N4O2/c1-21-11-17(23)20-15-5-7-22(10-14(15)18(21)24)9-12-2-3-13-4-6-19-16(13)8-12/h2-4,6,8,14-15,19H,5,7,9-11H2,1H3,(H,20,23)/t14-,15+/m0/s1. The Morgan fingerprint density at radius 1 is 1.25 bits per heavy atom. The molecule has 2 N–H and O–H groups in total. The highest BCUT2D eigenvalue weighted by atomic mass is 16.2. The van der Waals surface area contributed by atoms with Gasteiger partial charge in [0.05, 0.1) is 12.5 Å². The number of benzene rings is 1. The topological polar surface area (TPSA) is 68.4 Å². The maximum atomic E-state index is 12.6. The van der Waals surface area contributed by atoms with Gasteiger partial charge < -0.3 is 15.2 Å². The Kier molecular flexibility index (Phi) is 3.76. The van der Waals surface area contributed by atoms with Gasteiger partial charge in [0, 0.05) is 44.4 Å². The largest absolute Gasteiger partial charge is 0.361 e. The number of likely N-dealkylation sites (tertiary alicyclic amines) is 1. The van der Waals surface area contributed by atoms with Crippen LogP contribution in [0.3, 0.4) is 0 Å². The number of carbonyl (C=O) groups excluding carboxylic acids is 2. The number of amides is 2. The summed E-state index contributed by atoms with van der Waals surface area (Å²) in [6.07, 6.45) is 2.77. The third-order valence-electron chi connectivity index (χ3n) is 5.14. The van der Waals surface area contributed by atoms with E-state index >= 15 is 0 Å². The number of likely N-dealkylation sites (N-methyl/N-ethyl adjacent to an activating group) is 1. The first-order valence-corrected chi connectivity index (χ1v) is 8.43. The number of nitrogens with one attached hydrogen (secondary N) is 2. The van der Waals surface area contributed by atoms with Crippen LogP contribution in [0.2, 0.25) is 0 Å². The van der Waals surface area contributed by atoms with Crippen molar-refractivity contribution < 1.29 is 9.59 Å². The second-order valence-electron chi connectivity index (χ2n) is 6.90. The first kappa shape index (κ1) is 15.2. The molecular formula is C18H22N4O2. The van der Waals surface area contributed by atoms with Crippen molar-refractivity contribution in [2.45, 2.75) is 19.0 Å². The molecule has 3 heterocycles. The fourth-order valence-electron chi connectivity index (χ4n) is 3.87. The molecule has 2 aromatic rings. The molecule has 0 unspecified atom stereocenters. The van der Waals surface area contributed by atoms with Gasteiger partial charge in [-0.1, -0.05) is 12.1 Å². The zero-order valence-corrected chi connectivity index (χ0v) is 13.8. The molecule has 2 aliphatic heterocycles. The second kappa shape index (κ2) is 5.94. The average molecular weight is 326 g/mol. The number of hydrogen-bond acceptors (Lipinski definition) is 3. The summed E-state index contributed by atoms with van der Waals surface area (Å²) in [7, 11) is 1.71. The lowest BCUT2D eigenvalue weighted by molar-refractivity contribution is -0.136. The van der Waals surface area contributed by atoms with E-state index < -0.39 is 0 Å². The van der Waals surface area contributed by atoms with Crippen molar-refractivity contribution in [2.75, 3.05) is 26.7 Å². The predicted molar refractivity (Wildman–Crippen MR) is 91.3 cm³/mol. The molecule has 0 saturated carbocycles. The Morgan fingerprint density at radius 3 is 3.00 bits per heavy atom. The maximum Gasteiger partial charge on any atom is 0.239 e. The molecule has 0 bridgehead atoms. The number of piperidine rings is 1. The minimum absolute atomic E-state index is 0.0305. The molecular weight excluding hydrogens is 304 g/mol. The zero-order valence-electron chi connectivity index (χ0n) is 13.8. The molecule has 2 saturated heterocycles. The van der Waals surface area contributed by atoms with E-state index in [1.807, 2.05) is 6.20 Å². The normalized spacial score (nSPS) is 25.5. The summed E-state index contributed by atoms with van der Waals surface area (Å²) in [5.74, 6) is -0.128. The highest BCUT2D eigenvalue weighted by Crippen LogP contribution is 2.23. The van der Waals surface area contributed by atoms with Gasteiger partial charge in [0.25, 0.3) is 0 Å². The van der Waals surface area contributed by atoms with E-state index in [0.29, 0.717) is 6.54 Å². The van der Waals surface area contributed by atoms with Crippen molar-refractivity contribution in [3.63, 3.8) is 0 Å². The molecule has 4 rings (SSSR count). The zero-order chi connectivity index (χ0) is 16.7. The van der Waals surface area contributed by atoms with E-state index in [-0.39, 0.29) is 30.3 Å². The van der Waals surface area contributed by atoms with E-state index in [2.05, 4.69) is 39.5 Å². The summed E-state index contributed by atoms with van der Waals surface area (Å²) >= 11 is 0. The Balaban J connectivity index is 1.49. The van der Waals surface area contributed by atoms with E-state index in [1.165, 1.54) is 10.9 Å². The van der Waals surface area contributed by atoms with Gasteiger partial charge >= 0.3 is 0 Å². The average Bonchev–Trinajstić information content (AvgIpc) is 2.99. The lowest BCUT2D eigenvalue weighted by Crippen LogP contribution is -2.52. The summed E-state index contributed by atoms with van der Waals surface area (Å²) in [4.78, 5) is 31.5. The smallest absolute Gasteiger partial charge is 0.239 e. The molecule has 6 nitrogen and oxygen atoms in total. The van der Waals surface area contributed by atoms with Crippen molar-refractivity contribution in [3.8, 4) is 0 Å². The van der Waals surface area contributed by atoms with Crippen LogP contribution < -0.4 is 5.32 Å². The summed E-state index contributed by atoms with van der Waals surface area (Å²) in [5.41, 5.74) is 2.38. The van der Waals surface area contributed by atoms with Crippen LogP contribution in [0.15, 0.2) is 30.5 Å². The van der Waals surface area contributed by atoms with Gasteiger partial charge in [-0.15, -0.1) is 0 Å². The SMILES string of the molecule is CN1CC(=O)N[C@@H]2CCN(Cc3ccc4cc[nH]c4c3)C[C@@H]2C1=O. The summed E-state index contributed by atoms with van der Waals surface area (Å²) in [6.45, 7) is 2.57. The van der Waals surface area contributed by atoms with E-state index in [4.69, 9.17) is 0 Å². The number of hydrogen-bond donors (Lipinski definition) is 2. The van der Waals surface area contributed by atoms with Gasteiger partial charge in [-0.3, -0.25) is 14.5 Å². The Bertz CT molecular complexity index is 784. The fraction of sp³-hybridized carbons (Fsp3) is 0.444. The molecule has 0 radical (unpaired) electrons. The second-order valence-corrected chi connectivity index (χ2v) is 6.90. The Labute approximate surface area is 140 Å². The molecule has 0 aliphatic carbocycles. The number of H-pyrrole nitrogens is 1. The van der Waals surface area contributed by atoms with Crippen LogP contribution >= 0.6 is 0 Å².